The Labute approximate surface area is 174 Å². The smallest absolute Gasteiger partial charge is 0.270 e. The van der Waals surface area contributed by atoms with E-state index in [-0.39, 0.29) is 18.1 Å². The number of anilines is 1. The van der Waals surface area contributed by atoms with Crippen molar-refractivity contribution < 1.29 is 17.6 Å². The Morgan fingerprint density at radius 3 is 2.40 bits per heavy atom. The van der Waals surface area contributed by atoms with E-state index in [0.717, 1.165) is 6.26 Å². The summed E-state index contributed by atoms with van der Waals surface area (Å²) in [6, 6.07) is 8.95. The molecule has 9 heteroatoms. The van der Waals surface area contributed by atoms with Gasteiger partial charge in [-0.3, -0.25) is 9.10 Å². The van der Waals surface area contributed by atoms with Crippen molar-refractivity contribution in [2.75, 3.05) is 24.2 Å². The molecular formula is C21H23FN4O3S. The molecule has 0 aliphatic carbocycles. The summed E-state index contributed by atoms with van der Waals surface area (Å²) < 4.78 is 40.7. The van der Waals surface area contributed by atoms with Gasteiger partial charge in [-0.2, -0.15) is 5.10 Å². The zero-order valence-electron chi connectivity index (χ0n) is 17.2. The third kappa shape index (κ3) is 3.80. The van der Waals surface area contributed by atoms with Gasteiger partial charge in [0.05, 0.1) is 23.1 Å². The minimum absolute atomic E-state index is 0.228. The first-order valence-corrected chi connectivity index (χ1v) is 11.1. The average Bonchev–Trinajstić information content (AvgIpc) is 3.05. The largest absolute Gasteiger partial charge is 0.354 e. The van der Waals surface area contributed by atoms with Gasteiger partial charge in [0.25, 0.3) is 5.91 Å². The van der Waals surface area contributed by atoms with Crippen LogP contribution in [0.15, 0.2) is 43.0 Å². The predicted molar refractivity (Wildman–Crippen MR) is 117 cm³/mol. The average molecular weight is 431 g/mol. The van der Waals surface area contributed by atoms with Crippen LogP contribution in [-0.2, 0) is 10.0 Å². The van der Waals surface area contributed by atoms with Gasteiger partial charge in [-0.05, 0) is 55.8 Å². The Kier molecular flexibility index (Phi) is 5.67. The maximum Gasteiger partial charge on any atom is 0.270 e. The van der Waals surface area contributed by atoms with Crippen LogP contribution in [0.1, 0.15) is 29.9 Å². The van der Waals surface area contributed by atoms with Crippen LogP contribution in [0.2, 0.25) is 0 Å². The zero-order chi connectivity index (χ0) is 22.2. The summed E-state index contributed by atoms with van der Waals surface area (Å²) >= 11 is 0. The molecule has 1 N–H and O–H groups in total. The molecule has 1 amide bonds. The van der Waals surface area contributed by atoms with E-state index in [0.29, 0.717) is 33.4 Å². The second kappa shape index (κ2) is 7.91. The molecule has 0 saturated heterocycles. The van der Waals surface area contributed by atoms with Crippen molar-refractivity contribution in [3.05, 3.63) is 60.1 Å². The van der Waals surface area contributed by atoms with Gasteiger partial charge in [-0.25, -0.2) is 17.5 Å². The van der Waals surface area contributed by atoms with E-state index in [9.17, 15) is 17.6 Å². The number of hydrogen-bond donors (Lipinski definition) is 1. The molecular weight excluding hydrogens is 407 g/mol. The van der Waals surface area contributed by atoms with Crippen molar-refractivity contribution in [2.45, 2.75) is 13.8 Å². The number of carbonyl (C=O) groups is 1. The van der Waals surface area contributed by atoms with Gasteiger partial charge in [0.15, 0.2) is 0 Å². The molecule has 30 heavy (non-hydrogen) atoms. The van der Waals surface area contributed by atoms with Crippen molar-refractivity contribution in [3.8, 4) is 5.69 Å². The predicted octanol–water partition coefficient (Wildman–Crippen LogP) is 3.34. The van der Waals surface area contributed by atoms with Gasteiger partial charge in [0, 0.05) is 24.5 Å². The number of sulfonamides is 1. The Morgan fingerprint density at radius 1 is 1.27 bits per heavy atom. The molecule has 0 aliphatic rings. The molecule has 0 radical (unpaired) electrons. The molecule has 0 bridgehead atoms. The highest BCUT2D eigenvalue weighted by Crippen LogP contribution is 2.34. The minimum atomic E-state index is -3.54. The third-order valence-electron chi connectivity index (χ3n) is 4.72. The fourth-order valence-corrected chi connectivity index (χ4v) is 4.34. The van der Waals surface area contributed by atoms with E-state index in [1.807, 2.05) is 0 Å². The van der Waals surface area contributed by atoms with Gasteiger partial charge >= 0.3 is 0 Å². The first kappa shape index (κ1) is 21.5. The molecule has 0 fully saturated rings. The number of benzene rings is 2. The maximum atomic E-state index is 13.4. The molecule has 0 unspecified atom stereocenters. The number of amides is 1. The zero-order valence-corrected chi connectivity index (χ0v) is 18.0. The molecule has 3 rings (SSSR count). The topological polar surface area (TPSA) is 84.3 Å². The Balaban J connectivity index is 2.39. The van der Waals surface area contributed by atoms with E-state index in [1.165, 1.54) is 40.3 Å². The Bertz CT molecular complexity index is 1250. The molecule has 2 aromatic carbocycles. The molecule has 1 aromatic heterocycles. The van der Waals surface area contributed by atoms with Crippen molar-refractivity contribution in [3.63, 3.8) is 0 Å². The number of rotatable bonds is 6. The molecule has 1 heterocycles. The van der Waals surface area contributed by atoms with E-state index in [4.69, 9.17) is 0 Å². The van der Waals surface area contributed by atoms with Crippen molar-refractivity contribution >= 4 is 38.1 Å². The highest BCUT2D eigenvalue weighted by Gasteiger charge is 2.25. The molecule has 0 aliphatic heterocycles. The summed E-state index contributed by atoms with van der Waals surface area (Å²) in [5, 5.41) is 7.66. The number of nitrogens with one attached hydrogen (secondary N) is 1. The number of nitrogens with zero attached hydrogens (tertiary/aromatic N) is 3. The lowest BCUT2D eigenvalue weighted by molar-refractivity contribution is 0.0957. The quantitative estimate of drug-likeness (QED) is 0.650. The van der Waals surface area contributed by atoms with Gasteiger partial charge in [-0.15, -0.1) is 0 Å². The maximum absolute atomic E-state index is 13.4. The summed E-state index contributed by atoms with van der Waals surface area (Å²) in [6.07, 6.45) is 1.13. The van der Waals surface area contributed by atoms with Crippen molar-refractivity contribution in [2.24, 2.45) is 0 Å². The van der Waals surface area contributed by atoms with Crippen molar-refractivity contribution in [1.29, 1.82) is 0 Å². The van der Waals surface area contributed by atoms with Crippen LogP contribution in [0.4, 0.5) is 10.1 Å². The lowest BCUT2D eigenvalue weighted by Crippen LogP contribution is -2.30. The lowest BCUT2D eigenvalue weighted by atomic mass is 10.0. The van der Waals surface area contributed by atoms with E-state index >= 15 is 0 Å². The third-order valence-corrected chi connectivity index (χ3v) is 5.97. The summed E-state index contributed by atoms with van der Waals surface area (Å²) in [6.45, 7) is 7.70. The van der Waals surface area contributed by atoms with Crippen LogP contribution in [0.25, 0.3) is 22.2 Å². The fourth-order valence-electron chi connectivity index (χ4n) is 3.36. The molecule has 7 nitrogen and oxygen atoms in total. The van der Waals surface area contributed by atoms with Crippen LogP contribution in [0, 0.1) is 5.82 Å². The first-order chi connectivity index (χ1) is 14.1. The van der Waals surface area contributed by atoms with E-state index in [1.54, 1.807) is 26.0 Å². The number of halogens is 1. The van der Waals surface area contributed by atoms with Crippen LogP contribution in [0.5, 0.6) is 0 Å². The van der Waals surface area contributed by atoms with Crippen LogP contribution >= 0.6 is 0 Å². The van der Waals surface area contributed by atoms with E-state index in [2.05, 4.69) is 17.0 Å². The fraction of sp³-hybridized carbons (Fsp3) is 0.238. The number of hydrogen-bond acceptors (Lipinski definition) is 4. The summed E-state index contributed by atoms with van der Waals surface area (Å²) in [7, 11) is -2.03. The molecule has 3 aromatic rings. The SMILES string of the molecule is C=C(C)c1cc2c(C(=O)NC)n(-c3ccc(F)cc3)nc2cc1N(CC)S(C)(=O)=O. The van der Waals surface area contributed by atoms with Crippen LogP contribution in [0.3, 0.4) is 0 Å². The molecule has 0 atom stereocenters. The number of fused-ring (bicyclic) bond motifs is 1. The Hall–Kier alpha value is -3.20. The standard InChI is InChI=1S/C21H23FN4O3S/c1-6-25(30(5,28)29)19-12-18-17(11-16(19)13(2)3)20(21(27)23-4)26(24-18)15-9-7-14(22)8-10-15/h7-12H,2,6H2,1,3-5H3,(H,23,27). The summed E-state index contributed by atoms with van der Waals surface area (Å²) in [4.78, 5) is 12.7. The van der Waals surface area contributed by atoms with E-state index < -0.39 is 15.8 Å². The second-order valence-corrected chi connectivity index (χ2v) is 8.82. The van der Waals surface area contributed by atoms with Gasteiger partial charge in [-0.1, -0.05) is 6.58 Å². The second-order valence-electron chi connectivity index (χ2n) is 6.91. The minimum Gasteiger partial charge on any atom is -0.354 e. The monoisotopic (exact) mass is 430 g/mol. The number of aromatic nitrogens is 2. The summed E-state index contributed by atoms with van der Waals surface area (Å²) in [5.41, 5.74) is 2.87. The normalized spacial score (nSPS) is 11.5. The lowest BCUT2D eigenvalue weighted by Gasteiger charge is -2.23. The molecule has 0 saturated carbocycles. The van der Waals surface area contributed by atoms with Gasteiger partial charge in [0.2, 0.25) is 10.0 Å². The highest BCUT2D eigenvalue weighted by atomic mass is 32.2. The number of carbonyl (C=O) groups excluding carboxylic acids is 1. The first-order valence-electron chi connectivity index (χ1n) is 9.26. The highest BCUT2D eigenvalue weighted by molar-refractivity contribution is 7.92. The Morgan fingerprint density at radius 2 is 1.90 bits per heavy atom. The van der Waals surface area contributed by atoms with Crippen LogP contribution in [-0.4, -0.2) is 44.0 Å². The van der Waals surface area contributed by atoms with Gasteiger partial charge in [0.1, 0.15) is 11.5 Å². The molecule has 158 valence electrons. The van der Waals surface area contributed by atoms with Crippen LogP contribution < -0.4 is 9.62 Å². The van der Waals surface area contributed by atoms with Gasteiger partial charge < -0.3 is 5.32 Å². The summed E-state index contributed by atoms with van der Waals surface area (Å²) in [5.74, 6) is -0.784. The molecule has 0 spiro atoms. The van der Waals surface area contributed by atoms with Crippen molar-refractivity contribution in [1.82, 2.24) is 15.1 Å². The number of allylic oxidation sites excluding steroid dienone is 1.